The van der Waals surface area contributed by atoms with Gasteiger partial charge in [0.25, 0.3) is 5.22 Å². The minimum atomic E-state index is -0.336. The van der Waals surface area contributed by atoms with E-state index in [1.165, 1.54) is 42.3 Å². The quantitative estimate of drug-likeness (QED) is 0.575. The molecule has 0 saturated heterocycles. The summed E-state index contributed by atoms with van der Waals surface area (Å²) in [6, 6.07) is 5.83. The second-order valence-electron chi connectivity index (χ2n) is 6.29. The minimum Gasteiger partial charge on any atom is -0.411 e. The zero-order valence-corrected chi connectivity index (χ0v) is 15.5. The summed E-state index contributed by atoms with van der Waals surface area (Å²) in [5, 5.41) is 10.9. The van der Waals surface area contributed by atoms with Crippen molar-refractivity contribution in [3.63, 3.8) is 0 Å². The van der Waals surface area contributed by atoms with E-state index < -0.39 is 0 Å². The molecule has 0 radical (unpaired) electrons. The maximum absolute atomic E-state index is 13.0. The average Bonchev–Trinajstić information content (AvgIpc) is 3.11. The number of carbonyl (C=O) groups is 1. The summed E-state index contributed by atoms with van der Waals surface area (Å²) in [6.45, 7) is 2.46. The van der Waals surface area contributed by atoms with E-state index in [0.29, 0.717) is 23.2 Å². The number of allylic oxidation sites excluding steroid dienone is 1. The molecule has 1 aromatic heterocycles. The van der Waals surface area contributed by atoms with Crippen molar-refractivity contribution in [2.75, 3.05) is 6.54 Å². The van der Waals surface area contributed by atoms with Gasteiger partial charge >= 0.3 is 0 Å². The molecule has 5 nitrogen and oxygen atoms in total. The highest BCUT2D eigenvalue weighted by molar-refractivity contribution is 8.00. The van der Waals surface area contributed by atoms with Crippen molar-refractivity contribution in [2.45, 2.75) is 49.5 Å². The second-order valence-corrected chi connectivity index (χ2v) is 7.58. The SMILES string of the molecule is C[C@@H](Sc1nnc(-c2ccc(F)cc2)o1)C(=O)NCCC1=CCCCC1. The molecule has 2 aromatic rings. The number of hydrogen-bond acceptors (Lipinski definition) is 5. The van der Waals surface area contributed by atoms with E-state index in [-0.39, 0.29) is 17.0 Å². The standard InChI is InChI=1S/C19H22FN3O2S/c1-13(17(24)21-12-11-14-5-3-2-4-6-14)26-19-23-22-18(25-19)15-7-9-16(20)10-8-15/h5,7-10,13H,2-4,6,11-12H2,1H3,(H,21,24)/t13-/m1/s1. The normalized spacial score (nSPS) is 15.4. The van der Waals surface area contributed by atoms with Crippen molar-refractivity contribution in [2.24, 2.45) is 0 Å². The van der Waals surface area contributed by atoms with Crippen LogP contribution in [0, 0.1) is 5.82 Å². The summed E-state index contributed by atoms with van der Waals surface area (Å²) in [5.41, 5.74) is 2.08. The van der Waals surface area contributed by atoms with Gasteiger partial charge in [0.1, 0.15) is 5.82 Å². The zero-order chi connectivity index (χ0) is 18.4. The predicted octanol–water partition coefficient (Wildman–Crippen LogP) is 4.36. The number of halogens is 1. The van der Waals surface area contributed by atoms with Gasteiger partial charge < -0.3 is 9.73 Å². The number of thioether (sulfide) groups is 1. The topological polar surface area (TPSA) is 68.0 Å². The highest BCUT2D eigenvalue weighted by Crippen LogP contribution is 2.26. The molecule has 3 rings (SSSR count). The van der Waals surface area contributed by atoms with E-state index in [1.54, 1.807) is 12.1 Å². The van der Waals surface area contributed by atoms with Crippen molar-refractivity contribution >= 4 is 17.7 Å². The van der Waals surface area contributed by atoms with Gasteiger partial charge in [-0.1, -0.05) is 23.4 Å². The molecule has 1 aliphatic carbocycles. The Hall–Kier alpha value is -2.15. The van der Waals surface area contributed by atoms with Gasteiger partial charge in [-0.15, -0.1) is 10.2 Å². The highest BCUT2D eigenvalue weighted by Gasteiger charge is 2.18. The maximum atomic E-state index is 13.0. The number of nitrogens with one attached hydrogen (secondary N) is 1. The molecule has 0 bridgehead atoms. The van der Waals surface area contributed by atoms with Gasteiger partial charge in [0.15, 0.2) is 0 Å². The van der Waals surface area contributed by atoms with Gasteiger partial charge in [-0.3, -0.25) is 4.79 Å². The molecule has 0 spiro atoms. The van der Waals surface area contributed by atoms with Crippen LogP contribution in [0.15, 0.2) is 45.6 Å². The van der Waals surface area contributed by atoms with Crippen LogP contribution in [-0.4, -0.2) is 27.9 Å². The Morgan fingerprint density at radius 2 is 2.12 bits per heavy atom. The van der Waals surface area contributed by atoms with Crippen molar-refractivity contribution in [1.29, 1.82) is 0 Å². The predicted molar refractivity (Wildman–Crippen MR) is 99.2 cm³/mol. The Balaban J connectivity index is 1.48. The Bertz CT molecular complexity index is 773. The number of amides is 1. The Kier molecular flexibility index (Phi) is 6.44. The summed E-state index contributed by atoms with van der Waals surface area (Å²) in [4.78, 5) is 12.2. The lowest BCUT2D eigenvalue weighted by Gasteiger charge is -2.14. The zero-order valence-electron chi connectivity index (χ0n) is 14.7. The van der Waals surface area contributed by atoms with Gasteiger partial charge in [0.2, 0.25) is 11.8 Å². The summed E-state index contributed by atoms with van der Waals surface area (Å²) in [5.74, 6) is -0.0607. The van der Waals surface area contributed by atoms with E-state index in [1.807, 2.05) is 6.92 Å². The first kappa shape index (κ1) is 18.6. The molecule has 1 aromatic carbocycles. The van der Waals surface area contributed by atoms with Crippen LogP contribution < -0.4 is 5.32 Å². The van der Waals surface area contributed by atoms with Crippen LogP contribution in [0.5, 0.6) is 0 Å². The molecule has 138 valence electrons. The summed E-state index contributed by atoms with van der Waals surface area (Å²) < 4.78 is 18.5. The number of aromatic nitrogens is 2. The average molecular weight is 375 g/mol. The first-order chi connectivity index (χ1) is 12.6. The number of nitrogens with zero attached hydrogens (tertiary/aromatic N) is 2. The van der Waals surface area contributed by atoms with Gasteiger partial charge in [-0.2, -0.15) is 0 Å². The van der Waals surface area contributed by atoms with Gasteiger partial charge in [-0.25, -0.2) is 4.39 Å². The van der Waals surface area contributed by atoms with Crippen LogP contribution in [0.25, 0.3) is 11.5 Å². The van der Waals surface area contributed by atoms with Crippen molar-refractivity contribution in [3.8, 4) is 11.5 Å². The van der Waals surface area contributed by atoms with E-state index in [2.05, 4.69) is 21.6 Å². The fourth-order valence-corrected chi connectivity index (χ4v) is 3.50. The van der Waals surface area contributed by atoms with E-state index in [0.717, 1.165) is 19.3 Å². The molecule has 0 saturated carbocycles. The largest absolute Gasteiger partial charge is 0.411 e. The Labute approximate surface area is 156 Å². The third-order valence-electron chi connectivity index (χ3n) is 4.27. The molecule has 0 fully saturated rings. The fourth-order valence-electron chi connectivity index (χ4n) is 2.79. The van der Waals surface area contributed by atoms with Crippen LogP contribution in [-0.2, 0) is 4.79 Å². The van der Waals surface area contributed by atoms with Gasteiger partial charge in [-0.05, 0) is 63.3 Å². The molecule has 26 heavy (non-hydrogen) atoms. The van der Waals surface area contributed by atoms with E-state index in [9.17, 15) is 9.18 Å². The highest BCUT2D eigenvalue weighted by atomic mass is 32.2. The maximum Gasteiger partial charge on any atom is 0.277 e. The summed E-state index contributed by atoms with van der Waals surface area (Å²) >= 11 is 1.22. The second kappa shape index (κ2) is 8.98. The number of benzene rings is 1. The molecule has 0 unspecified atom stereocenters. The number of hydrogen-bond donors (Lipinski definition) is 1. The third-order valence-corrected chi connectivity index (χ3v) is 5.21. The van der Waals surface area contributed by atoms with Gasteiger partial charge in [0, 0.05) is 12.1 Å². The monoisotopic (exact) mass is 375 g/mol. The van der Waals surface area contributed by atoms with Crippen LogP contribution in [0.1, 0.15) is 39.0 Å². The number of carbonyl (C=O) groups excluding carboxylic acids is 1. The van der Waals surface area contributed by atoms with Crippen molar-refractivity contribution < 1.29 is 13.6 Å². The molecule has 0 aliphatic heterocycles. The number of rotatable bonds is 7. The first-order valence-corrected chi connectivity index (χ1v) is 9.71. The third kappa shape index (κ3) is 5.17. The fraction of sp³-hybridized carbons (Fsp3) is 0.421. The Morgan fingerprint density at radius 3 is 2.85 bits per heavy atom. The van der Waals surface area contributed by atoms with E-state index >= 15 is 0 Å². The Morgan fingerprint density at radius 1 is 1.31 bits per heavy atom. The van der Waals surface area contributed by atoms with Gasteiger partial charge in [0.05, 0.1) is 5.25 Å². The summed E-state index contributed by atoms with van der Waals surface area (Å²) in [6.07, 6.45) is 8.03. The lowest BCUT2D eigenvalue weighted by molar-refractivity contribution is -0.120. The smallest absolute Gasteiger partial charge is 0.277 e. The lowest BCUT2D eigenvalue weighted by Crippen LogP contribution is -2.31. The van der Waals surface area contributed by atoms with Crippen molar-refractivity contribution in [1.82, 2.24) is 15.5 Å². The lowest BCUT2D eigenvalue weighted by atomic mass is 9.97. The first-order valence-electron chi connectivity index (χ1n) is 8.83. The molecule has 1 amide bonds. The molecular weight excluding hydrogens is 353 g/mol. The molecule has 1 atom stereocenters. The van der Waals surface area contributed by atoms with Crippen LogP contribution in [0.4, 0.5) is 4.39 Å². The molecule has 1 aliphatic rings. The summed E-state index contributed by atoms with van der Waals surface area (Å²) in [7, 11) is 0. The van der Waals surface area contributed by atoms with E-state index in [4.69, 9.17) is 4.42 Å². The van der Waals surface area contributed by atoms with Crippen LogP contribution in [0.2, 0.25) is 0 Å². The molecular formula is C19H22FN3O2S. The molecule has 1 heterocycles. The minimum absolute atomic E-state index is 0.0482. The molecule has 7 heteroatoms. The molecule has 1 N–H and O–H groups in total. The van der Waals surface area contributed by atoms with Crippen LogP contribution in [0.3, 0.4) is 0 Å². The van der Waals surface area contributed by atoms with Crippen LogP contribution >= 0.6 is 11.8 Å². The van der Waals surface area contributed by atoms with Crippen molar-refractivity contribution in [3.05, 3.63) is 41.7 Å².